The van der Waals surface area contributed by atoms with Gasteiger partial charge in [0.05, 0.1) is 25.9 Å². The molecule has 0 spiro atoms. The molecule has 0 bridgehead atoms. The maximum absolute atomic E-state index is 10.4. The van der Waals surface area contributed by atoms with E-state index in [1.165, 1.54) is 5.57 Å². The van der Waals surface area contributed by atoms with E-state index in [2.05, 4.69) is 26.8 Å². The molecule has 0 saturated heterocycles. The third-order valence-corrected chi connectivity index (χ3v) is 4.46. The summed E-state index contributed by atoms with van der Waals surface area (Å²) >= 11 is 0. The average molecular weight is 381 g/mol. The quantitative estimate of drug-likeness (QED) is 0.296. The number of methoxy groups -OCH3 is 2. The largest absolute Gasteiger partial charge is 0.497 e. The lowest BCUT2D eigenvalue weighted by atomic mass is 9.94. The topological polar surface area (TPSA) is 57.2 Å². The van der Waals surface area contributed by atoms with E-state index in [1.54, 1.807) is 14.2 Å². The van der Waals surface area contributed by atoms with Crippen LogP contribution in [0.4, 0.5) is 0 Å². The molecule has 0 fully saturated rings. The van der Waals surface area contributed by atoms with Crippen molar-refractivity contribution in [2.75, 3.05) is 27.6 Å². The highest BCUT2D eigenvalue weighted by molar-refractivity contribution is 5.26. The molecule has 154 valence electrons. The van der Waals surface area contributed by atoms with Crippen LogP contribution in [0.1, 0.15) is 45.6 Å². The van der Waals surface area contributed by atoms with E-state index in [0.717, 1.165) is 17.7 Å². The molecule has 0 aromatic heterocycles. The first kappa shape index (κ1) is 23.6. The molecule has 0 heterocycles. The summed E-state index contributed by atoms with van der Waals surface area (Å²) in [6.45, 7) is 7.60. The van der Waals surface area contributed by atoms with Gasteiger partial charge >= 0.3 is 0 Å². The standard InChI is InChI=1S/C22H36O5/c1-17(2)6-7-18(3)22(27-16-24-4)14-20(23)12-13-26-15-19-8-10-21(25-5)11-9-19/h6,8-11,18,20,22-23H,7,12-16H2,1-5H3/t18-,20+,22+/m1/s1. The van der Waals surface area contributed by atoms with Gasteiger partial charge in [0.15, 0.2) is 0 Å². The number of aliphatic hydroxyl groups excluding tert-OH is 1. The van der Waals surface area contributed by atoms with Crippen molar-refractivity contribution in [3.63, 3.8) is 0 Å². The minimum absolute atomic E-state index is 0.0443. The van der Waals surface area contributed by atoms with Gasteiger partial charge in [0, 0.05) is 13.7 Å². The Balaban J connectivity index is 2.36. The molecule has 1 aromatic rings. The van der Waals surface area contributed by atoms with Crippen LogP contribution in [-0.2, 0) is 20.8 Å². The van der Waals surface area contributed by atoms with Crippen molar-refractivity contribution >= 4 is 0 Å². The van der Waals surface area contributed by atoms with Crippen LogP contribution >= 0.6 is 0 Å². The normalized spacial score (nSPS) is 14.4. The molecule has 0 unspecified atom stereocenters. The molecule has 27 heavy (non-hydrogen) atoms. The Morgan fingerprint density at radius 1 is 1.15 bits per heavy atom. The summed E-state index contributed by atoms with van der Waals surface area (Å²) in [6.07, 6.45) is 3.79. The molecule has 5 heteroatoms. The van der Waals surface area contributed by atoms with Crippen molar-refractivity contribution in [3.05, 3.63) is 41.5 Å². The zero-order valence-corrected chi connectivity index (χ0v) is 17.4. The molecule has 1 rings (SSSR count). The third kappa shape index (κ3) is 10.5. The van der Waals surface area contributed by atoms with E-state index >= 15 is 0 Å². The molecule has 0 aliphatic carbocycles. The van der Waals surface area contributed by atoms with Gasteiger partial charge in [-0.15, -0.1) is 0 Å². The highest BCUT2D eigenvalue weighted by atomic mass is 16.7. The maximum atomic E-state index is 10.4. The van der Waals surface area contributed by atoms with Crippen LogP contribution < -0.4 is 4.74 Å². The lowest BCUT2D eigenvalue weighted by Crippen LogP contribution is -2.28. The van der Waals surface area contributed by atoms with Crippen LogP contribution in [0.3, 0.4) is 0 Å². The molecular formula is C22H36O5. The van der Waals surface area contributed by atoms with Gasteiger partial charge in [-0.05, 0) is 56.7 Å². The highest BCUT2D eigenvalue weighted by Gasteiger charge is 2.21. The first-order chi connectivity index (χ1) is 13.0. The van der Waals surface area contributed by atoms with Gasteiger partial charge < -0.3 is 24.1 Å². The summed E-state index contributed by atoms with van der Waals surface area (Å²) in [7, 11) is 3.26. The van der Waals surface area contributed by atoms with Crippen molar-refractivity contribution in [1.82, 2.24) is 0 Å². The van der Waals surface area contributed by atoms with Gasteiger partial charge in [-0.2, -0.15) is 0 Å². The van der Waals surface area contributed by atoms with Gasteiger partial charge in [-0.25, -0.2) is 0 Å². The Morgan fingerprint density at radius 2 is 1.85 bits per heavy atom. The molecular weight excluding hydrogens is 344 g/mol. The molecule has 0 aliphatic heterocycles. The van der Waals surface area contributed by atoms with Crippen molar-refractivity contribution in [2.45, 2.75) is 58.8 Å². The van der Waals surface area contributed by atoms with E-state index in [-0.39, 0.29) is 12.9 Å². The molecule has 5 nitrogen and oxygen atoms in total. The number of aliphatic hydroxyl groups is 1. The second kappa shape index (κ2) is 13.7. The Labute approximate surface area is 164 Å². The number of hydrogen-bond donors (Lipinski definition) is 1. The second-order valence-electron chi connectivity index (χ2n) is 7.18. The molecule has 3 atom stereocenters. The Morgan fingerprint density at radius 3 is 2.44 bits per heavy atom. The van der Waals surface area contributed by atoms with Gasteiger partial charge in [-0.3, -0.25) is 0 Å². The van der Waals surface area contributed by atoms with Crippen LogP contribution in [0.5, 0.6) is 5.75 Å². The highest BCUT2D eigenvalue weighted by Crippen LogP contribution is 2.20. The minimum atomic E-state index is -0.461. The summed E-state index contributed by atoms with van der Waals surface area (Å²) in [6, 6.07) is 7.79. The van der Waals surface area contributed by atoms with Crippen LogP contribution in [0.2, 0.25) is 0 Å². The van der Waals surface area contributed by atoms with Gasteiger partial charge in [0.2, 0.25) is 0 Å². The van der Waals surface area contributed by atoms with Crippen LogP contribution in [-0.4, -0.2) is 44.9 Å². The van der Waals surface area contributed by atoms with E-state index < -0.39 is 6.10 Å². The fraction of sp³-hybridized carbons (Fsp3) is 0.636. The Bertz CT molecular complexity index is 522. The monoisotopic (exact) mass is 380 g/mol. The molecule has 0 aliphatic rings. The van der Waals surface area contributed by atoms with E-state index in [4.69, 9.17) is 18.9 Å². The number of rotatable bonds is 14. The summed E-state index contributed by atoms with van der Waals surface area (Å²) in [5.74, 6) is 1.14. The summed E-state index contributed by atoms with van der Waals surface area (Å²) in [5.41, 5.74) is 2.38. The number of allylic oxidation sites excluding steroid dienone is 2. The van der Waals surface area contributed by atoms with E-state index in [0.29, 0.717) is 32.0 Å². The first-order valence-corrected chi connectivity index (χ1v) is 9.58. The maximum Gasteiger partial charge on any atom is 0.146 e. The molecule has 0 amide bonds. The van der Waals surface area contributed by atoms with Crippen LogP contribution in [0, 0.1) is 5.92 Å². The van der Waals surface area contributed by atoms with Crippen molar-refractivity contribution < 1.29 is 24.1 Å². The predicted molar refractivity (Wildman–Crippen MR) is 108 cm³/mol. The first-order valence-electron chi connectivity index (χ1n) is 9.58. The van der Waals surface area contributed by atoms with Crippen molar-refractivity contribution in [2.24, 2.45) is 5.92 Å². The fourth-order valence-corrected chi connectivity index (χ4v) is 2.71. The van der Waals surface area contributed by atoms with Crippen LogP contribution in [0.15, 0.2) is 35.9 Å². The zero-order valence-electron chi connectivity index (χ0n) is 17.4. The molecule has 1 N–H and O–H groups in total. The number of ether oxygens (including phenoxy) is 4. The summed E-state index contributed by atoms with van der Waals surface area (Å²) in [4.78, 5) is 0. The fourth-order valence-electron chi connectivity index (χ4n) is 2.71. The van der Waals surface area contributed by atoms with E-state index in [9.17, 15) is 5.11 Å². The predicted octanol–water partition coefficient (Wildman–Crippen LogP) is 4.33. The Kier molecular flexibility index (Phi) is 12.0. The average Bonchev–Trinajstić information content (AvgIpc) is 2.67. The number of benzene rings is 1. The van der Waals surface area contributed by atoms with Crippen LogP contribution in [0.25, 0.3) is 0 Å². The smallest absolute Gasteiger partial charge is 0.146 e. The lowest BCUT2D eigenvalue weighted by Gasteiger charge is -2.25. The zero-order chi connectivity index (χ0) is 20.1. The minimum Gasteiger partial charge on any atom is -0.497 e. The van der Waals surface area contributed by atoms with E-state index in [1.807, 2.05) is 24.3 Å². The lowest BCUT2D eigenvalue weighted by molar-refractivity contribution is -0.103. The van der Waals surface area contributed by atoms with Gasteiger partial charge in [-0.1, -0.05) is 30.7 Å². The van der Waals surface area contributed by atoms with Crippen molar-refractivity contribution in [3.8, 4) is 5.75 Å². The molecule has 0 radical (unpaired) electrons. The molecule has 0 saturated carbocycles. The molecule has 1 aromatic carbocycles. The third-order valence-electron chi connectivity index (χ3n) is 4.46. The number of hydrogen-bond acceptors (Lipinski definition) is 5. The van der Waals surface area contributed by atoms with Gasteiger partial charge in [0.25, 0.3) is 0 Å². The summed E-state index contributed by atoms with van der Waals surface area (Å²) in [5, 5.41) is 10.4. The Hall–Kier alpha value is -1.40. The second-order valence-corrected chi connectivity index (χ2v) is 7.18. The summed E-state index contributed by atoms with van der Waals surface area (Å²) < 4.78 is 21.7. The SMILES string of the molecule is COCO[C@@H](C[C@@H](O)CCOCc1ccc(OC)cc1)[C@H](C)CC=C(C)C. The van der Waals surface area contributed by atoms with Gasteiger partial charge in [0.1, 0.15) is 12.5 Å². The van der Waals surface area contributed by atoms with Crippen molar-refractivity contribution in [1.29, 1.82) is 0 Å².